The normalized spacial score (nSPS) is 52.9. The zero-order valence-corrected chi connectivity index (χ0v) is 23.5. The summed E-state index contributed by atoms with van der Waals surface area (Å²) in [6.07, 6.45) is -36.6. The lowest BCUT2D eigenvalue weighted by molar-refractivity contribution is -0.405. The van der Waals surface area contributed by atoms with Crippen LogP contribution in [0.2, 0.25) is 0 Å². The Morgan fingerprint density at radius 3 is 1.07 bits per heavy atom. The van der Waals surface area contributed by atoms with E-state index in [1.165, 1.54) is 0 Å². The Kier molecular flexibility index (Phi) is 12.8. The fourth-order valence-corrected chi connectivity index (χ4v) is 5.48. The van der Waals surface area contributed by atoms with Crippen LogP contribution in [0.4, 0.5) is 0 Å². The number of hydrogen-bond donors (Lipinski definition) is 14. The Bertz CT molecular complexity index is 916. The van der Waals surface area contributed by atoms with Crippen LogP contribution < -0.4 is 0 Å². The summed E-state index contributed by atoms with van der Waals surface area (Å²) in [5.74, 6) is 0. The van der Waals surface area contributed by atoms with E-state index in [-0.39, 0.29) is 0 Å². The maximum absolute atomic E-state index is 11.0. The molecular formula is C24H42O21. The monoisotopic (exact) mass is 666 g/mol. The van der Waals surface area contributed by atoms with Gasteiger partial charge in [0.25, 0.3) is 0 Å². The average molecular weight is 667 g/mol. The summed E-state index contributed by atoms with van der Waals surface area (Å²) in [7, 11) is 0. The average Bonchev–Trinajstić information content (AvgIpc) is 3.03. The zero-order valence-electron chi connectivity index (χ0n) is 23.5. The van der Waals surface area contributed by atoms with Crippen LogP contribution >= 0.6 is 0 Å². The van der Waals surface area contributed by atoms with Crippen LogP contribution in [0.25, 0.3) is 0 Å². The number of ether oxygens (including phenoxy) is 7. The van der Waals surface area contributed by atoms with Crippen LogP contribution in [0.1, 0.15) is 0 Å². The van der Waals surface area contributed by atoms with Crippen molar-refractivity contribution in [3.05, 3.63) is 0 Å². The van der Waals surface area contributed by atoms with Crippen molar-refractivity contribution >= 4 is 0 Å². The van der Waals surface area contributed by atoms with E-state index in [4.69, 9.17) is 33.2 Å². The first-order valence-corrected chi connectivity index (χ1v) is 14.1. The van der Waals surface area contributed by atoms with E-state index in [0.717, 1.165) is 0 Å². The van der Waals surface area contributed by atoms with Gasteiger partial charge in [-0.1, -0.05) is 0 Å². The van der Waals surface area contributed by atoms with Gasteiger partial charge in [0.2, 0.25) is 0 Å². The van der Waals surface area contributed by atoms with E-state index in [2.05, 4.69) is 0 Å². The summed E-state index contributed by atoms with van der Waals surface area (Å²) in [6, 6.07) is 0. The molecule has 4 rings (SSSR count). The van der Waals surface area contributed by atoms with Crippen molar-refractivity contribution < 1.29 is 105 Å². The molecule has 4 heterocycles. The third-order valence-electron chi connectivity index (χ3n) is 8.21. The van der Waals surface area contributed by atoms with Crippen LogP contribution in [0.5, 0.6) is 0 Å². The predicted octanol–water partition coefficient (Wildman–Crippen LogP) is -9.75. The van der Waals surface area contributed by atoms with Gasteiger partial charge in [0.1, 0.15) is 97.7 Å². The zero-order chi connectivity index (χ0) is 33.3. The molecule has 14 N–H and O–H groups in total. The largest absolute Gasteiger partial charge is 0.394 e. The fourth-order valence-electron chi connectivity index (χ4n) is 5.48. The summed E-state index contributed by atoms with van der Waals surface area (Å²) in [5, 5.41) is 143. The van der Waals surface area contributed by atoms with Gasteiger partial charge in [-0.15, -0.1) is 0 Å². The maximum Gasteiger partial charge on any atom is 0.187 e. The standard InChI is InChI=1S/C24H42O21/c25-1-5-10(30)14(34)18(21(38)39-5)43-23-20(16(36)12(32)7(3-27)41-23)45-24-19(15(35)11(31)8(4-28)42-24)44-22-17(37)13(33)9(29)6(2-26)40-22/h5-38H,1-4H2/t5-,6-,7-,8-,9-,10-,11-,12-,13+,14+,15+,16+,17+,18+,19+,20+,21?,22+,23-,24-/m1/s1. The Balaban J connectivity index is 1.61. The second kappa shape index (κ2) is 15.6. The Morgan fingerprint density at radius 1 is 0.333 bits per heavy atom. The highest BCUT2D eigenvalue weighted by Crippen LogP contribution is 2.34. The van der Waals surface area contributed by atoms with Gasteiger partial charge in [0, 0.05) is 0 Å². The SMILES string of the molecule is OC[C@H]1O[C@@H](O[C@@H]2[C@@H](O[C@@H]3[C@@H](O[C@@H]4C(O)O[C@H](CO)[C@@H](O)[C@@H]4O)O[C@H](CO)[C@@H](O)[C@@H]3O)O[C@H](CO)[C@@H](O)[C@@H]2O)[C@@H](O)[C@@H](O)[C@@H]1O. The van der Waals surface area contributed by atoms with Crippen LogP contribution in [0, 0.1) is 0 Å². The molecule has 0 aliphatic carbocycles. The first-order valence-electron chi connectivity index (χ1n) is 14.1. The Labute approximate surface area is 254 Å². The maximum atomic E-state index is 11.0. The Morgan fingerprint density at radius 2 is 0.644 bits per heavy atom. The van der Waals surface area contributed by atoms with E-state index >= 15 is 0 Å². The van der Waals surface area contributed by atoms with Gasteiger partial charge in [0.05, 0.1) is 26.4 Å². The molecule has 4 aliphatic heterocycles. The molecule has 21 heteroatoms. The minimum atomic E-state index is -2.03. The summed E-state index contributed by atoms with van der Waals surface area (Å²) < 4.78 is 38.3. The second-order valence-corrected chi connectivity index (χ2v) is 11.1. The van der Waals surface area contributed by atoms with Crippen molar-refractivity contribution in [1.82, 2.24) is 0 Å². The molecule has 45 heavy (non-hydrogen) atoms. The van der Waals surface area contributed by atoms with Gasteiger partial charge in [0.15, 0.2) is 25.2 Å². The third kappa shape index (κ3) is 7.44. The Hall–Kier alpha value is -0.840. The van der Waals surface area contributed by atoms with Crippen molar-refractivity contribution in [3.8, 4) is 0 Å². The van der Waals surface area contributed by atoms with E-state index in [0.29, 0.717) is 0 Å². The smallest absolute Gasteiger partial charge is 0.187 e. The molecule has 4 saturated heterocycles. The molecule has 4 aliphatic rings. The lowest BCUT2D eigenvalue weighted by atomic mass is 9.96. The van der Waals surface area contributed by atoms with Gasteiger partial charge in [-0.2, -0.15) is 0 Å². The van der Waals surface area contributed by atoms with Crippen LogP contribution in [0.3, 0.4) is 0 Å². The van der Waals surface area contributed by atoms with Gasteiger partial charge < -0.3 is 105 Å². The lowest BCUT2D eigenvalue weighted by Crippen LogP contribution is -2.68. The first kappa shape index (κ1) is 37.0. The summed E-state index contributed by atoms with van der Waals surface area (Å²) in [6.45, 7) is -3.41. The van der Waals surface area contributed by atoms with E-state index in [1.807, 2.05) is 0 Å². The van der Waals surface area contributed by atoms with Gasteiger partial charge >= 0.3 is 0 Å². The minimum Gasteiger partial charge on any atom is -0.394 e. The molecule has 21 nitrogen and oxygen atoms in total. The van der Waals surface area contributed by atoms with Crippen molar-refractivity contribution in [3.63, 3.8) is 0 Å². The van der Waals surface area contributed by atoms with Crippen molar-refractivity contribution in [1.29, 1.82) is 0 Å². The lowest BCUT2D eigenvalue weighted by Gasteiger charge is -2.49. The molecule has 1 unspecified atom stereocenters. The molecular weight excluding hydrogens is 624 g/mol. The molecule has 0 aromatic heterocycles. The van der Waals surface area contributed by atoms with Crippen molar-refractivity contribution in [2.24, 2.45) is 0 Å². The molecule has 0 aromatic rings. The van der Waals surface area contributed by atoms with Crippen LogP contribution in [-0.4, -0.2) is 221 Å². The second-order valence-electron chi connectivity index (χ2n) is 11.1. The molecule has 264 valence electrons. The van der Waals surface area contributed by atoms with Gasteiger partial charge in [-0.25, -0.2) is 0 Å². The molecule has 0 radical (unpaired) electrons. The summed E-state index contributed by atoms with van der Waals surface area (Å²) in [5.41, 5.74) is 0. The molecule has 0 aromatic carbocycles. The molecule has 0 bridgehead atoms. The first-order chi connectivity index (χ1) is 21.3. The van der Waals surface area contributed by atoms with Crippen LogP contribution in [0.15, 0.2) is 0 Å². The summed E-state index contributed by atoms with van der Waals surface area (Å²) in [4.78, 5) is 0. The van der Waals surface area contributed by atoms with E-state index in [9.17, 15) is 71.5 Å². The highest BCUT2D eigenvalue weighted by Gasteiger charge is 2.55. The number of aliphatic hydroxyl groups excluding tert-OH is 14. The van der Waals surface area contributed by atoms with E-state index in [1.54, 1.807) is 0 Å². The number of aliphatic hydroxyl groups is 14. The summed E-state index contributed by atoms with van der Waals surface area (Å²) >= 11 is 0. The highest BCUT2D eigenvalue weighted by atomic mass is 16.8. The van der Waals surface area contributed by atoms with Crippen LogP contribution in [-0.2, 0) is 33.2 Å². The molecule has 0 saturated carbocycles. The topological polar surface area (TPSA) is 348 Å². The fraction of sp³-hybridized carbons (Fsp3) is 1.00. The number of rotatable bonds is 10. The number of hydrogen-bond acceptors (Lipinski definition) is 21. The van der Waals surface area contributed by atoms with Crippen molar-refractivity contribution in [2.45, 2.75) is 123 Å². The van der Waals surface area contributed by atoms with Gasteiger partial charge in [-0.3, -0.25) is 0 Å². The van der Waals surface area contributed by atoms with Crippen molar-refractivity contribution in [2.75, 3.05) is 26.4 Å². The van der Waals surface area contributed by atoms with Gasteiger partial charge in [-0.05, 0) is 0 Å². The molecule has 0 amide bonds. The minimum absolute atomic E-state index is 0.791. The predicted molar refractivity (Wildman–Crippen MR) is 134 cm³/mol. The highest BCUT2D eigenvalue weighted by molar-refractivity contribution is 4.97. The molecule has 20 atom stereocenters. The third-order valence-corrected chi connectivity index (χ3v) is 8.21. The molecule has 4 fully saturated rings. The quantitative estimate of drug-likeness (QED) is 0.103. The molecule has 0 spiro atoms. The van der Waals surface area contributed by atoms with E-state index < -0.39 is 149 Å².